The zero-order valence-corrected chi connectivity index (χ0v) is 11.7. The molecule has 1 N–H and O–H groups in total. The second kappa shape index (κ2) is 5.74. The standard InChI is InChI=1S/C16H22O3/c1-3-19-14-6-4-5-13(11-14)15(17)16(18)9-7-12(2)8-10-16/h4-6,11-12,18H,3,7-10H2,1-2H3. The molecule has 0 radical (unpaired) electrons. The van der Waals surface area contributed by atoms with Crippen molar-refractivity contribution in [3.63, 3.8) is 0 Å². The third kappa shape index (κ3) is 3.16. The zero-order valence-electron chi connectivity index (χ0n) is 11.7. The summed E-state index contributed by atoms with van der Waals surface area (Å²) in [6.07, 6.45) is 2.94. The molecule has 0 aromatic heterocycles. The van der Waals surface area contributed by atoms with Gasteiger partial charge < -0.3 is 9.84 Å². The van der Waals surface area contributed by atoms with Crippen LogP contribution in [0.3, 0.4) is 0 Å². The lowest BCUT2D eigenvalue weighted by Gasteiger charge is -2.33. The van der Waals surface area contributed by atoms with E-state index in [9.17, 15) is 9.90 Å². The molecule has 0 spiro atoms. The molecule has 1 fully saturated rings. The summed E-state index contributed by atoms with van der Waals surface area (Å²) >= 11 is 0. The molecule has 0 unspecified atom stereocenters. The first kappa shape index (κ1) is 14.1. The van der Waals surface area contributed by atoms with Gasteiger partial charge in [-0.3, -0.25) is 4.79 Å². The Morgan fingerprint density at radius 1 is 1.42 bits per heavy atom. The number of ether oxygens (including phenoxy) is 1. The Morgan fingerprint density at radius 3 is 2.74 bits per heavy atom. The summed E-state index contributed by atoms with van der Waals surface area (Å²) in [6, 6.07) is 7.10. The van der Waals surface area contributed by atoms with E-state index in [1.165, 1.54) is 0 Å². The third-order valence-corrected chi connectivity index (χ3v) is 3.93. The Hall–Kier alpha value is -1.35. The molecule has 0 amide bonds. The zero-order chi connectivity index (χ0) is 13.9. The molecule has 3 heteroatoms. The van der Waals surface area contributed by atoms with E-state index in [0.29, 0.717) is 36.7 Å². The molecule has 1 aromatic carbocycles. The van der Waals surface area contributed by atoms with Crippen LogP contribution in [0.4, 0.5) is 0 Å². The lowest BCUT2D eigenvalue weighted by Crippen LogP contribution is -2.41. The van der Waals surface area contributed by atoms with Crippen LogP contribution in [0.1, 0.15) is 49.9 Å². The molecule has 1 saturated carbocycles. The number of Topliss-reactive ketones (excluding diaryl/α,β-unsaturated/α-hetero) is 1. The van der Waals surface area contributed by atoms with Crippen molar-refractivity contribution in [1.29, 1.82) is 0 Å². The maximum absolute atomic E-state index is 12.5. The smallest absolute Gasteiger partial charge is 0.194 e. The van der Waals surface area contributed by atoms with E-state index < -0.39 is 5.60 Å². The number of hydrogen-bond donors (Lipinski definition) is 1. The Labute approximate surface area is 114 Å². The van der Waals surface area contributed by atoms with E-state index in [4.69, 9.17) is 4.74 Å². The highest BCUT2D eigenvalue weighted by Gasteiger charge is 2.39. The molecule has 0 heterocycles. The highest BCUT2D eigenvalue weighted by molar-refractivity contribution is 6.02. The molecule has 0 atom stereocenters. The van der Waals surface area contributed by atoms with Crippen LogP contribution in [0.2, 0.25) is 0 Å². The van der Waals surface area contributed by atoms with Crippen LogP contribution in [-0.2, 0) is 0 Å². The van der Waals surface area contributed by atoms with Gasteiger partial charge in [0.15, 0.2) is 5.78 Å². The summed E-state index contributed by atoms with van der Waals surface area (Å²) in [5.41, 5.74) is -0.639. The lowest BCUT2D eigenvalue weighted by molar-refractivity contribution is 0.00424. The molecule has 0 bridgehead atoms. The maximum atomic E-state index is 12.5. The molecule has 0 saturated heterocycles. The number of hydrogen-bond acceptors (Lipinski definition) is 3. The van der Waals surface area contributed by atoms with Crippen LogP contribution in [0.15, 0.2) is 24.3 Å². The summed E-state index contributed by atoms with van der Waals surface area (Å²) in [7, 11) is 0. The van der Waals surface area contributed by atoms with E-state index in [-0.39, 0.29) is 5.78 Å². The van der Waals surface area contributed by atoms with Gasteiger partial charge in [-0.25, -0.2) is 0 Å². The largest absolute Gasteiger partial charge is 0.494 e. The molecule has 1 aromatic rings. The van der Waals surface area contributed by atoms with Gasteiger partial charge in [-0.05, 0) is 50.7 Å². The Morgan fingerprint density at radius 2 is 2.11 bits per heavy atom. The number of benzene rings is 1. The topological polar surface area (TPSA) is 46.5 Å². The van der Waals surface area contributed by atoms with E-state index in [1.807, 2.05) is 13.0 Å². The monoisotopic (exact) mass is 262 g/mol. The minimum Gasteiger partial charge on any atom is -0.494 e. The molecular formula is C16H22O3. The third-order valence-electron chi connectivity index (χ3n) is 3.93. The fourth-order valence-corrected chi connectivity index (χ4v) is 2.63. The second-order valence-electron chi connectivity index (χ2n) is 5.50. The van der Waals surface area contributed by atoms with Gasteiger partial charge in [0.25, 0.3) is 0 Å². The number of rotatable bonds is 4. The van der Waals surface area contributed by atoms with E-state index in [0.717, 1.165) is 12.8 Å². The van der Waals surface area contributed by atoms with Gasteiger partial charge in [0.05, 0.1) is 6.61 Å². The van der Waals surface area contributed by atoms with Gasteiger partial charge in [0.2, 0.25) is 0 Å². The second-order valence-corrected chi connectivity index (χ2v) is 5.50. The summed E-state index contributed by atoms with van der Waals surface area (Å²) in [5.74, 6) is 1.12. The van der Waals surface area contributed by atoms with Crippen LogP contribution < -0.4 is 4.74 Å². The van der Waals surface area contributed by atoms with Crippen molar-refractivity contribution in [2.75, 3.05) is 6.61 Å². The highest BCUT2D eigenvalue weighted by Crippen LogP contribution is 2.34. The summed E-state index contributed by atoms with van der Waals surface area (Å²) in [4.78, 5) is 12.5. The van der Waals surface area contributed by atoms with E-state index in [1.54, 1.807) is 18.2 Å². The normalized spacial score (nSPS) is 27.0. The van der Waals surface area contributed by atoms with Crippen LogP contribution in [0.25, 0.3) is 0 Å². The predicted octanol–water partition coefficient (Wildman–Crippen LogP) is 3.21. The first-order valence-electron chi connectivity index (χ1n) is 7.05. The number of carbonyl (C=O) groups excluding carboxylic acids is 1. The Bertz CT molecular complexity index is 445. The number of ketones is 1. The molecule has 1 aliphatic carbocycles. The Balaban J connectivity index is 2.16. The SMILES string of the molecule is CCOc1cccc(C(=O)C2(O)CCC(C)CC2)c1. The van der Waals surface area contributed by atoms with Crippen LogP contribution in [-0.4, -0.2) is 23.1 Å². The molecule has 19 heavy (non-hydrogen) atoms. The summed E-state index contributed by atoms with van der Waals surface area (Å²) in [5, 5.41) is 10.5. The first-order chi connectivity index (χ1) is 9.05. The average Bonchev–Trinajstić information content (AvgIpc) is 2.42. The van der Waals surface area contributed by atoms with Gasteiger partial charge in [-0.2, -0.15) is 0 Å². The molecule has 0 aliphatic heterocycles. The van der Waals surface area contributed by atoms with Crippen molar-refractivity contribution in [2.24, 2.45) is 5.92 Å². The van der Waals surface area contributed by atoms with Gasteiger partial charge in [0, 0.05) is 5.56 Å². The average molecular weight is 262 g/mol. The van der Waals surface area contributed by atoms with Gasteiger partial charge in [-0.1, -0.05) is 19.1 Å². The van der Waals surface area contributed by atoms with Gasteiger partial charge >= 0.3 is 0 Å². The minimum absolute atomic E-state index is 0.166. The molecule has 1 aliphatic rings. The summed E-state index contributed by atoms with van der Waals surface area (Å²) in [6.45, 7) is 4.64. The lowest BCUT2D eigenvalue weighted by atomic mass is 9.76. The van der Waals surface area contributed by atoms with Crippen molar-refractivity contribution >= 4 is 5.78 Å². The molecule has 3 nitrogen and oxygen atoms in total. The van der Waals surface area contributed by atoms with Crippen molar-refractivity contribution in [1.82, 2.24) is 0 Å². The highest BCUT2D eigenvalue weighted by atomic mass is 16.5. The number of aliphatic hydroxyl groups is 1. The predicted molar refractivity (Wildman–Crippen MR) is 74.5 cm³/mol. The van der Waals surface area contributed by atoms with Crippen LogP contribution in [0, 0.1) is 5.92 Å². The van der Waals surface area contributed by atoms with Crippen LogP contribution >= 0.6 is 0 Å². The van der Waals surface area contributed by atoms with Crippen LogP contribution in [0.5, 0.6) is 5.75 Å². The summed E-state index contributed by atoms with van der Waals surface area (Å²) < 4.78 is 5.40. The van der Waals surface area contributed by atoms with Crippen molar-refractivity contribution in [2.45, 2.75) is 45.1 Å². The fraction of sp³-hybridized carbons (Fsp3) is 0.562. The minimum atomic E-state index is -1.18. The van der Waals surface area contributed by atoms with Crippen molar-refractivity contribution < 1.29 is 14.6 Å². The first-order valence-corrected chi connectivity index (χ1v) is 7.05. The Kier molecular flexibility index (Phi) is 4.25. The fourth-order valence-electron chi connectivity index (χ4n) is 2.63. The number of carbonyl (C=O) groups is 1. The quantitative estimate of drug-likeness (QED) is 0.847. The van der Waals surface area contributed by atoms with E-state index >= 15 is 0 Å². The van der Waals surface area contributed by atoms with Gasteiger partial charge in [-0.15, -0.1) is 0 Å². The molecular weight excluding hydrogens is 240 g/mol. The van der Waals surface area contributed by atoms with Crippen molar-refractivity contribution in [3.05, 3.63) is 29.8 Å². The molecule has 104 valence electrons. The van der Waals surface area contributed by atoms with Crippen molar-refractivity contribution in [3.8, 4) is 5.75 Å². The van der Waals surface area contributed by atoms with E-state index in [2.05, 4.69) is 6.92 Å². The van der Waals surface area contributed by atoms with Gasteiger partial charge in [0.1, 0.15) is 11.4 Å². The maximum Gasteiger partial charge on any atom is 0.194 e. The molecule has 2 rings (SSSR count).